The maximum Gasteiger partial charge on any atom is 0.309 e. The number of aliphatic hydroxyl groups excluding tert-OH is 2. The number of fused-ring (bicyclic) bond motifs is 1. The molecule has 2 aliphatic rings. The number of nitrogens with zero attached hydrogens (tertiary/aromatic N) is 1. The van der Waals surface area contributed by atoms with Crippen LogP contribution in [0.4, 0.5) is 0 Å². The minimum absolute atomic E-state index is 0.0694. The quantitative estimate of drug-likeness (QED) is 0.449. The SMILES string of the molecule is CC(=Cc1csc(C)n1)C1C[C@@H]2O[C@]2(C)CC[C@H](O)[C@H](C)C[C@@H](C)C(=O)C(C)(C)[C@@H](O)CC(=O)O1. The van der Waals surface area contributed by atoms with Gasteiger partial charge in [-0.25, -0.2) is 4.98 Å². The van der Waals surface area contributed by atoms with Crippen molar-refractivity contribution >= 4 is 29.2 Å². The van der Waals surface area contributed by atoms with E-state index in [0.29, 0.717) is 25.7 Å². The molecule has 0 amide bonds. The molecule has 35 heavy (non-hydrogen) atoms. The summed E-state index contributed by atoms with van der Waals surface area (Å²) >= 11 is 1.55. The van der Waals surface area contributed by atoms with Gasteiger partial charge >= 0.3 is 5.97 Å². The van der Waals surface area contributed by atoms with Crippen LogP contribution in [0.3, 0.4) is 0 Å². The second kappa shape index (κ2) is 10.8. The highest BCUT2D eigenvalue weighted by Gasteiger charge is 2.53. The average molecular weight is 508 g/mol. The van der Waals surface area contributed by atoms with Gasteiger partial charge in [-0.1, -0.05) is 27.7 Å². The number of aliphatic hydroxyl groups is 2. The molecule has 196 valence electrons. The van der Waals surface area contributed by atoms with E-state index in [4.69, 9.17) is 9.47 Å². The first-order chi connectivity index (χ1) is 16.2. The van der Waals surface area contributed by atoms with Crippen LogP contribution in [0.25, 0.3) is 6.08 Å². The molecule has 3 heterocycles. The third kappa shape index (κ3) is 6.79. The van der Waals surface area contributed by atoms with Crippen molar-refractivity contribution in [2.75, 3.05) is 0 Å². The number of aryl methyl sites for hydroxylation is 1. The number of aromatic nitrogens is 1. The highest BCUT2D eigenvalue weighted by molar-refractivity contribution is 7.09. The van der Waals surface area contributed by atoms with E-state index in [0.717, 1.165) is 16.3 Å². The van der Waals surface area contributed by atoms with Gasteiger partial charge in [-0.2, -0.15) is 0 Å². The molecule has 2 aliphatic heterocycles. The molecule has 1 aromatic heterocycles. The van der Waals surface area contributed by atoms with Crippen LogP contribution in [0.15, 0.2) is 11.0 Å². The third-order valence-electron chi connectivity index (χ3n) is 7.85. The van der Waals surface area contributed by atoms with Gasteiger partial charge in [-0.05, 0) is 57.6 Å². The number of ketones is 1. The number of ether oxygens (including phenoxy) is 2. The lowest BCUT2D eigenvalue weighted by Crippen LogP contribution is -2.42. The van der Waals surface area contributed by atoms with E-state index in [1.165, 1.54) is 0 Å². The largest absolute Gasteiger partial charge is 0.458 e. The number of carbonyl (C=O) groups excluding carboxylic acids is 2. The van der Waals surface area contributed by atoms with Crippen LogP contribution >= 0.6 is 11.3 Å². The van der Waals surface area contributed by atoms with Gasteiger partial charge in [0.2, 0.25) is 0 Å². The number of cyclic esters (lactones) is 1. The lowest BCUT2D eigenvalue weighted by molar-refractivity contribution is -0.153. The monoisotopic (exact) mass is 507 g/mol. The fraction of sp³-hybridized carbons (Fsp3) is 0.741. The highest BCUT2D eigenvalue weighted by Crippen LogP contribution is 2.45. The van der Waals surface area contributed by atoms with Crippen molar-refractivity contribution < 1.29 is 29.3 Å². The number of esters is 1. The Bertz CT molecular complexity index is 955. The molecule has 7 atom stereocenters. The molecule has 0 radical (unpaired) electrons. The summed E-state index contributed by atoms with van der Waals surface area (Å²) in [5.74, 6) is -1.09. The van der Waals surface area contributed by atoms with Gasteiger partial charge < -0.3 is 19.7 Å². The van der Waals surface area contributed by atoms with E-state index in [1.54, 1.807) is 25.2 Å². The normalized spacial score (nSPS) is 37.5. The topological polar surface area (TPSA) is 109 Å². The van der Waals surface area contributed by atoms with Crippen LogP contribution in [0.2, 0.25) is 0 Å². The molecule has 0 aromatic carbocycles. The zero-order valence-electron chi connectivity index (χ0n) is 22.0. The number of carbonyl (C=O) groups is 2. The van der Waals surface area contributed by atoms with Crippen molar-refractivity contribution in [2.24, 2.45) is 17.3 Å². The van der Waals surface area contributed by atoms with Crippen LogP contribution < -0.4 is 0 Å². The highest BCUT2D eigenvalue weighted by atomic mass is 32.1. The molecule has 3 rings (SSSR count). The third-order valence-corrected chi connectivity index (χ3v) is 8.64. The van der Waals surface area contributed by atoms with E-state index in [9.17, 15) is 19.8 Å². The van der Waals surface area contributed by atoms with Crippen LogP contribution in [-0.2, 0) is 19.1 Å². The Labute approximate surface area is 212 Å². The van der Waals surface area contributed by atoms with E-state index in [-0.39, 0.29) is 35.7 Å². The van der Waals surface area contributed by atoms with Crippen LogP contribution in [-0.4, -0.2) is 57.0 Å². The molecule has 2 saturated heterocycles. The molecule has 2 N–H and O–H groups in total. The molecule has 7 nitrogen and oxygen atoms in total. The first-order valence-corrected chi connectivity index (χ1v) is 13.5. The molecule has 0 saturated carbocycles. The van der Waals surface area contributed by atoms with E-state index in [2.05, 4.69) is 4.98 Å². The Balaban J connectivity index is 1.86. The molecule has 0 aliphatic carbocycles. The Morgan fingerprint density at radius 2 is 1.89 bits per heavy atom. The van der Waals surface area contributed by atoms with Gasteiger partial charge in [0.15, 0.2) is 0 Å². The molecule has 2 fully saturated rings. The van der Waals surface area contributed by atoms with Crippen LogP contribution in [0, 0.1) is 24.2 Å². The maximum absolute atomic E-state index is 13.2. The first kappa shape index (κ1) is 28.0. The Hall–Kier alpha value is -1.61. The van der Waals surface area contributed by atoms with Crippen LogP contribution in [0.5, 0.6) is 0 Å². The molecule has 1 aromatic rings. The van der Waals surface area contributed by atoms with Gasteiger partial charge in [0, 0.05) is 17.7 Å². The van der Waals surface area contributed by atoms with Crippen molar-refractivity contribution in [3.63, 3.8) is 0 Å². The minimum atomic E-state index is -1.17. The minimum Gasteiger partial charge on any atom is -0.458 e. The zero-order valence-corrected chi connectivity index (χ0v) is 22.9. The van der Waals surface area contributed by atoms with E-state index in [1.807, 2.05) is 46.1 Å². The van der Waals surface area contributed by atoms with Crippen LogP contribution in [0.1, 0.15) is 84.3 Å². The lowest BCUT2D eigenvalue weighted by Gasteiger charge is -2.33. The Morgan fingerprint density at radius 1 is 1.20 bits per heavy atom. The second-order valence-corrected chi connectivity index (χ2v) is 12.4. The van der Waals surface area contributed by atoms with Crippen molar-refractivity contribution in [1.82, 2.24) is 4.98 Å². The number of thiazole rings is 1. The smallest absolute Gasteiger partial charge is 0.309 e. The molecule has 0 bridgehead atoms. The van der Waals surface area contributed by atoms with Crippen molar-refractivity contribution in [2.45, 2.75) is 111 Å². The summed E-state index contributed by atoms with van der Waals surface area (Å²) in [4.78, 5) is 30.6. The van der Waals surface area contributed by atoms with Crippen molar-refractivity contribution in [1.29, 1.82) is 0 Å². The van der Waals surface area contributed by atoms with Gasteiger partial charge in [0.05, 0.1) is 46.5 Å². The summed E-state index contributed by atoms with van der Waals surface area (Å²) in [5.41, 5.74) is 0.153. The zero-order chi connectivity index (χ0) is 26.1. The summed E-state index contributed by atoms with van der Waals surface area (Å²) in [6, 6.07) is 0. The molecule has 1 unspecified atom stereocenters. The molecule has 8 heteroatoms. The van der Waals surface area contributed by atoms with E-state index >= 15 is 0 Å². The number of hydrogen-bond acceptors (Lipinski definition) is 8. The average Bonchev–Trinajstić information content (AvgIpc) is 3.23. The maximum atomic E-state index is 13.2. The van der Waals surface area contributed by atoms with Gasteiger partial charge in [-0.3, -0.25) is 9.59 Å². The number of hydrogen-bond donors (Lipinski definition) is 2. The Morgan fingerprint density at radius 3 is 2.51 bits per heavy atom. The standard InChI is InChI=1S/C27H41NO6S/c1-15-10-17(3)25(32)26(5,6)22(30)13-24(31)33-21(16(2)11-19-14-35-18(4)28-19)12-23-27(7,34-23)9-8-20(15)29/h11,14-15,17,20-23,29-30H,8-10,12-13H2,1-7H3/t15-,17-,20+,21?,22+,23+,27-/m1/s1. The predicted octanol–water partition coefficient (Wildman–Crippen LogP) is 4.48. The van der Waals surface area contributed by atoms with Gasteiger partial charge in [-0.15, -0.1) is 11.3 Å². The molecular weight excluding hydrogens is 466 g/mol. The fourth-order valence-corrected chi connectivity index (χ4v) is 5.63. The number of epoxide rings is 1. The molecular formula is C27H41NO6S. The second-order valence-electron chi connectivity index (χ2n) is 11.3. The summed E-state index contributed by atoms with van der Waals surface area (Å²) in [7, 11) is 0. The summed E-state index contributed by atoms with van der Waals surface area (Å²) in [6.07, 6.45) is 1.53. The van der Waals surface area contributed by atoms with Crippen molar-refractivity contribution in [3.05, 3.63) is 21.7 Å². The summed E-state index contributed by atoms with van der Waals surface area (Å²) in [5, 5.41) is 24.5. The molecule has 0 spiro atoms. The van der Waals surface area contributed by atoms with Gasteiger partial charge in [0.1, 0.15) is 11.9 Å². The van der Waals surface area contributed by atoms with E-state index < -0.39 is 29.7 Å². The Kier molecular flexibility index (Phi) is 8.62. The summed E-state index contributed by atoms with van der Waals surface area (Å²) in [6.45, 7) is 13.0. The lowest BCUT2D eigenvalue weighted by atomic mass is 9.73. The number of rotatable bonds is 2. The van der Waals surface area contributed by atoms with Crippen molar-refractivity contribution in [3.8, 4) is 0 Å². The number of Topliss-reactive ketones (excluding diaryl/α,β-unsaturated/α-hetero) is 1. The first-order valence-electron chi connectivity index (χ1n) is 12.6. The summed E-state index contributed by atoms with van der Waals surface area (Å²) < 4.78 is 11.9. The predicted molar refractivity (Wildman–Crippen MR) is 136 cm³/mol. The van der Waals surface area contributed by atoms with Gasteiger partial charge in [0.25, 0.3) is 0 Å². The fourth-order valence-electron chi connectivity index (χ4n) is 5.06.